The first kappa shape index (κ1) is 20.4. The molecule has 0 radical (unpaired) electrons. The smallest absolute Gasteiger partial charge is 0.276 e. The zero-order chi connectivity index (χ0) is 22.1. The molecule has 9 nitrogen and oxygen atoms in total. The predicted octanol–water partition coefficient (Wildman–Crippen LogP) is 3.09. The Morgan fingerprint density at radius 3 is 2.50 bits per heavy atom. The van der Waals surface area contributed by atoms with Crippen LogP contribution >= 0.6 is 11.8 Å². The number of thioether (sulfide) groups is 1. The van der Waals surface area contributed by atoms with E-state index in [-0.39, 0.29) is 17.0 Å². The van der Waals surface area contributed by atoms with E-state index in [4.69, 9.17) is 0 Å². The van der Waals surface area contributed by atoms with Gasteiger partial charge in [0.1, 0.15) is 5.52 Å². The molecular weight excluding hydrogens is 426 g/mol. The highest BCUT2D eigenvalue weighted by Crippen LogP contribution is 2.22. The third-order valence-corrected chi connectivity index (χ3v) is 6.30. The fourth-order valence-corrected chi connectivity index (χ4v) is 4.59. The van der Waals surface area contributed by atoms with Crippen molar-refractivity contribution in [2.45, 2.75) is 43.8 Å². The number of benzene rings is 2. The molecule has 32 heavy (non-hydrogen) atoms. The standard InChI is InChI=1S/C22H21N7O2S/c1-2-3-8-13-27-19(30)16-10-5-7-12-18(16)29-21(27)24-25-22(29)32-14-28-20(31)15-9-4-6-11-17(15)23-26-28/h4-7,9-12H,2-3,8,13-14H2,1H3. The highest BCUT2D eigenvalue weighted by molar-refractivity contribution is 7.98. The number of fused-ring (bicyclic) bond motifs is 4. The summed E-state index contributed by atoms with van der Waals surface area (Å²) in [5, 5.41) is 18.6. The van der Waals surface area contributed by atoms with Gasteiger partial charge in [0.25, 0.3) is 11.1 Å². The van der Waals surface area contributed by atoms with E-state index < -0.39 is 0 Å². The molecule has 0 atom stereocenters. The van der Waals surface area contributed by atoms with E-state index in [9.17, 15) is 9.59 Å². The zero-order valence-electron chi connectivity index (χ0n) is 17.5. The van der Waals surface area contributed by atoms with Crippen molar-refractivity contribution in [3.05, 3.63) is 69.2 Å². The molecule has 0 saturated carbocycles. The number of rotatable bonds is 7. The fourth-order valence-electron chi connectivity index (χ4n) is 3.78. The summed E-state index contributed by atoms with van der Waals surface area (Å²) in [4.78, 5) is 25.9. The van der Waals surface area contributed by atoms with Gasteiger partial charge in [0.05, 0.1) is 22.2 Å². The van der Waals surface area contributed by atoms with Gasteiger partial charge in [-0.2, -0.15) is 4.68 Å². The third-order valence-electron chi connectivity index (χ3n) is 5.41. The highest BCUT2D eigenvalue weighted by atomic mass is 32.2. The molecule has 0 bridgehead atoms. The fraction of sp³-hybridized carbons (Fsp3) is 0.273. The number of aromatic nitrogens is 7. The predicted molar refractivity (Wildman–Crippen MR) is 124 cm³/mol. The van der Waals surface area contributed by atoms with Crippen molar-refractivity contribution in [2.75, 3.05) is 0 Å². The molecule has 3 aromatic heterocycles. The highest BCUT2D eigenvalue weighted by Gasteiger charge is 2.17. The number of aryl methyl sites for hydroxylation is 1. The zero-order valence-corrected chi connectivity index (χ0v) is 18.3. The minimum absolute atomic E-state index is 0.0650. The topological polar surface area (TPSA) is 100.0 Å². The summed E-state index contributed by atoms with van der Waals surface area (Å²) in [5.41, 5.74) is 1.03. The second kappa shape index (κ2) is 8.54. The molecule has 5 aromatic rings. The third kappa shape index (κ3) is 3.46. The summed E-state index contributed by atoms with van der Waals surface area (Å²) in [6, 6.07) is 14.6. The Kier molecular flexibility index (Phi) is 5.44. The molecule has 0 aliphatic rings. The molecule has 3 heterocycles. The van der Waals surface area contributed by atoms with E-state index in [1.54, 1.807) is 22.8 Å². The number of nitrogens with zero attached hydrogens (tertiary/aromatic N) is 7. The Morgan fingerprint density at radius 1 is 0.875 bits per heavy atom. The minimum atomic E-state index is -0.210. The normalized spacial score (nSPS) is 11.7. The van der Waals surface area contributed by atoms with Crippen LogP contribution in [0.1, 0.15) is 26.2 Å². The maximum absolute atomic E-state index is 13.1. The van der Waals surface area contributed by atoms with Crippen LogP contribution in [0.4, 0.5) is 0 Å². The average molecular weight is 448 g/mol. The van der Waals surface area contributed by atoms with Crippen LogP contribution in [0.2, 0.25) is 0 Å². The van der Waals surface area contributed by atoms with Gasteiger partial charge in [0.15, 0.2) is 5.16 Å². The van der Waals surface area contributed by atoms with Crippen LogP contribution in [0.3, 0.4) is 0 Å². The Labute approximate surface area is 186 Å². The van der Waals surface area contributed by atoms with E-state index >= 15 is 0 Å². The van der Waals surface area contributed by atoms with Gasteiger partial charge < -0.3 is 0 Å². The molecule has 0 aliphatic carbocycles. The van der Waals surface area contributed by atoms with Crippen molar-refractivity contribution in [2.24, 2.45) is 0 Å². The van der Waals surface area contributed by atoms with Gasteiger partial charge in [-0.1, -0.05) is 61.0 Å². The van der Waals surface area contributed by atoms with Gasteiger partial charge in [0, 0.05) is 6.54 Å². The van der Waals surface area contributed by atoms with Crippen LogP contribution in [0.15, 0.2) is 63.3 Å². The number of para-hydroxylation sites is 1. The lowest BCUT2D eigenvalue weighted by molar-refractivity contribution is 0.594. The molecule has 0 N–H and O–H groups in total. The maximum Gasteiger partial charge on any atom is 0.278 e. The summed E-state index contributed by atoms with van der Waals surface area (Å²) in [5.74, 6) is 0.727. The second-order valence-electron chi connectivity index (χ2n) is 7.48. The van der Waals surface area contributed by atoms with Crippen molar-refractivity contribution in [1.82, 2.24) is 34.2 Å². The monoisotopic (exact) mass is 447 g/mol. The van der Waals surface area contributed by atoms with E-state index in [0.717, 1.165) is 24.8 Å². The van der Waals surface area contributed by atoms with E-state index in [0.29, 0.717) is 33.8 Å². The van der Waals surface area contributed by atoms with Crippen molar-refractivity contribution in [1.29, 1.82) is 0 Å². The van der Waals surface area contributed by atoms with Crippen molar-refractivity contribution >= 4 is 39.3 Å². The first-order valence-corrected chi connectivity index (χ1v) is 11.5. The van der Waals surface area contributed by atoms with Crippen molar-refractivity contribution < 1.29 is 0 Å². The summed E-state index contributed by atoms with van der Waals surface area (Å²) in [7, 11) is 0. The SMILES string of the molecule is CCCCCn1c(=O)c2ccccc2n2c(SCn3nnc4ccccc4c3=O)nnc12. The summed E-state index contributed by atoms with van der Waals surface area (Å²) >= 11 is 1.32. The van der Waals surface area contributed by atoms with Crippen LogP contribution in [0.25, 0.3) is 27.6 Å². The van der Waals surface area contributed by atoms with Gasteiger partial charge in [-0.25, -0.2) is 0 Å². The Morgan fingerprint density at radius 2 is 1.66 bits per heavy atom. The average Bonchev–Trinajstić information content (AvgIpc) is 3.25. The number of hydrogen-bond donors (Lipinski definition) is 0. The molecule has 0 fully saturated rings. The molecule has 0 spiro atoms. The first-order chi connectivity index (χ1) is 15.7. The largest absolute Gasteiger partial charge is 0.278 e. The summed E-state index contributed by atoms with van der Waals surface area (Å²) in [6.07, 6.45) is 2.99. The quantitative estimate of drug-likeness (QED) is 0.279. The summed E-state index contributed by atoms with van der Waals surface area (Å²) in [6.45, 7) is 2.71. The van der Waals surface area contributed by atoms with Crippen LogP contribution < -0.4 is 11.1 Å². The van der Waals surface area contributed by atoms with Gasteiger partial charge in [-0.15, -0.1) is 15.3 Å². The van der Waals surface area contributed by atoms with E-state index in [1.807, 2.05) is 34.7 Å². The molecule has 0 unspecified atom stereocenters. The number of hydrogen-bond acceptors (Lipinski definition) is 7. The summed E-state index contributed by atoms with van der Waals surface area (Å²) < 4.78 is 4.89. The Hall–Kier alpha value is -3.53. The van der Waals surface area contributed by atoms with Crippen LogP contribution in [0.5, 0.6) is 0 Å². The Balaban J connectivity index is 1.57. The molecule has 0 amide bonds. The van der Waals surface area contributed by atoms with Crippen LogP contribution in [0, 0.1) is 0 Å². The molecule has 0 aliphatic heterocycles. The molecule has 10 heteroatoms. The van der Waals surface area contributed by atoms with Gasteiger partial charge in [-0.3, -0.25) is 18.6 Å². The first-order valence-electron chi connectivity index (χ1n) is 10.5. The molecule has 2 aromatic carbocycles. The lowest BCUT2D eigenvalue weighted by atomic mass is 10.2. The second-order valence-corrected chi connectivity index (χ2v) is 8.40. The van der Waals surface area contributed by atoms with E-state index in [2.05, 4.69) is 27.4 Å². The lowest BCUT2D eigenvalue weighted by Crippen LogP contribution is -2.24. The lowest BCUT2D eigenvalue weighted by Gasteiger charge is -2.11. The van der Waals surface area contributed by atoms with Crippen molar-refractivity contribution in [3.8, 4) is 0 Å². The van der Waals surface area contributed by atoms with Gasteiger partial charge >= 0.3 is 0 Å². The molecule has 0 saturated heterocycles. The number of unbranched alkanes of at least 4 members (excludes halogenated alkanes) is 2. The maximum atomic E-state index is 13.1. The Bertz CT molecular complexity index is 1550. The van der Waals surface area contributed by atoms with Crippen LogP contribution in [-0.2, 0) is 12.4 Å². The van der Waals surface area contributed by atoms with Crippen molar-refractivity contribution in [3.63, 3.8) is 0 Å². The van der Waals surface area contributed by atoms with Gasteiger partial charge in [0.2, 0.25) is 5.78 Å². The van der Waals surface area contributed by atoms with Gasteiger partial charge in [-0.05, 0) is 30.7 Å². The molecule has 5 rings (SSSR count). The van der Waals surface area contributed by atoms with E-state index in [1.165, 1.54) is 16.4 Å². The van der Waals surface area contributed by atoms with Crippen LogP contribution in [-0.4, -0.2) is 34.2 Å². The molecular formula is C22H21N7O2S. The minimum Gasteiger partial charge on any atom is -0.276 e. The molecule has 162 valence electrons.